The van der Waals surface area contributed by atoms with Gasteiger partial charge in [0.2, 0.25) is 0 Å². The Morgan fingerprint density at radius 3 is 2.25 bits per heavy atom. The van der Waals surface area contributed by atoms with Crippen LogP contribution < -0.4 is 0 Å². The van der Waals surface area contributed by atoms with Crippen molar-refractivity contribution in [2.75, 3.05) is 0 Å². The Labute approximate surface area is 115 Å². The molecule has 0 atom stereocenters. The van der Waals surface area contributed by atoms with Crippen LogP contribution >= 0.6 is 0 Å². The van der Waals surface area contributed by atoms with Gasteiger partial charge in [-0.2, -0.15) is 0 Å². The van der Waals surface area contributed by atoms with Gasteiger partial charge in [0.1, 0.15) is 5.75 Å². The third-order valence-electron chi connectivity index (χ3n) is 3.32. The Bertz CT molecular complexity index is 789. The molecule has 0 heterocycles. The molecule has 3 heteroatoms. The molecule has 0 bridgehead atoms. The SMILES string of the molecule is O=C(O)c1ccc(-c2ccc3cccc(O)c3c2)cc1. The summed E-state index contributed by atoms with van der Waals surface area (Å²) in [4.78, 5) is 10.8. The number of rotatable bonds is 2. The first-order chi connectivity index (χ1) is 9.65. The number of phenolic OH excluding ortho intramolecular Hbond substituents is 1. The largest absolute Gasteiger partial charge is 0.507 e. The monoisotopic (exact) mass is 264 g/mol. The third-order valence-corrected chi connectivity index (χ3v) is 3.32. The second-order valence-electron chi connectivity index (χ2n) is 4.60. The molecule has 3 aromatic carbocycles. The molecule has 0 unspecified atom stereocenters. The van der Waals surface area contributed by atoms with E-state index in [-0.39, 0.29) is 11.3 Å². The lowest BCUT2D eigenvalue weighted by Gasteiger charge is -2.06. The van der Waals surface area contributed by atoms with Gasteiger partial charge in [0, 0.05) is 5.39 Å². The lowest BCUT2D eigenvalue weighted by atomic mass is 10.00. The highest BCUT2D eigenvalue weighted by Gasteiger charge is 2.05. The summed E-state index contributed by atoms with van der Waals surface area (Å²) in [7, 11) is 0. The Hall–Kier alpha value is -2.81. The van der Waals surface area contributed by atoms with Crippen LogP contribution in [0.2, 0.25) is 0 Å². The summed E-state index contributed by atoms with van der Waals surface area (Å²) in [5.41, 5.74) is 2.12. The average Bonchev–Trinajstić information content (AvgIpc) is 2.47. The molecule has 0 amide bonds. The fourth-order valence-electron chi connectivity index (χ4n) is 2.24. The second kappa shape index (κ2) is 4.70. The van der Waals surface area contributed by atoms with Gasteiger partial charge in [0.25, 0.3) is 0 Å². The van der Waals surface area contributed by atoms with Crippen molar-refractivity contribution in [2.24, 2.45) is 0 Å². The van der Waals surface area contributed by atoms with Gasteiger partial charge in [0.05, 0.1) is 5.56 Å². The highest BCUT2D eigenvalue weighted by atomic mass is 16.4. The van der Waals surface area contributed by atoms with E-state index in [1.165, 1.54) is 0 Å². The lowest BCUT2D eigenvalue weighted by Crippen LogP contribution is -1.94. The highest BCUT2D eigenvalue weighted by molar-refractivity contribution is 5.92. The van der Waals surface area contributed by atoms with Gasteiger partial charge in [-0.05, 0) is 40.8 Å². The summed E-state index contributed by atoms with van der Waals surface area (Å²) in [5, 5.41) is 20.5. The minimum Gasteiger partial charge on any atom is -0.507 e. The van der Waals surface area contributed by atoms with Crippen molar-refractivity contribution >= 4 is 16.7 Å². The molecule has 0 saturated carbocycles. The molecule has 0 aliphatic rings. The minimum atomic E-state index is -0.937. The molecular weight excluding hydrogens is 252 g/mol. The van der Waals surface area contributed by atoms with Crippen LogP contribution in [0.1, 0.15) is 10.4 Å². The number of aromatic carboxylic acids is 1. The average molecular weight is 264 g/mol. The first kappa shape index (κ1) is 12.2. The Balaban J connectivity index is 2.10. The summed E-state index contributed by atoms with van der Waals surface area (Å²) in [6.45, 7) is 0. The zero-order chi connectivity index (χ0) is 14.1. The Morgan fingerprint density at radius 1 is 0.850 bits per heavy atom. The van der Waals surface area contributed by atoms with E-state index >= 15 is 0 Å². The number of hydrogen-bond donors (Lipinski definition) is 2. The van der Waals surface area contributed by atoms with Gasteiger partial charge in [-0.3, -0.25) is 0 Å². The maximum absolute atomic E-state index is 10.8. The summed E-state index contributed by atoms with van der Waals surface area (Å²) in [6, 6.07) is 17.9. The number of fused-ring (bicyclic) bond motifs is 1. The van der Waals surface area contributed by atoms with E-state index in [0.717, 1.165) is 21.9 Å². The Kier molecular flexibility index (Phi) is 2.88. The molecular formula is C17H12O3. The van der Waals surface area contributed by atoms with E-state index in [2.05, 4.69) is 0 Å². The van der Waals surface area contributed by atoms with Crippen LogP contribution in [0.4, 0.5) is 0 Å². The lowest BCUT2D eigenvalue weighted by molar-refractivity contribution is 0.0697. The topological polar surface area (TPSA) is 57.5 Å². The molecule has 3 aromatic rings. The van der Waals surface area contributed by atoms with E-state index in [4.69, 9.17) is 5.11 Å². The molecule has 0 spiro atoms. The molecule has 3 rings (SSSR count). The van der Waals surface area contributed by atoms with Crippen molar-refractivity contribution in [3.63, 3.8) is 0 Å². The highest BCUT2D eigenvalue weighted by Crippen LogP contribution is 2.29. The van der Waals surface area contributed by atoms with Gasteiger partial charge >= 0.3 is 5.97 Å². The number of carboxylic acid groups (broad SMARTS) is 1. The molecule has 0 fully saturated rings. The summed E-state index contributed by atoms with van der Waals surface area (Å²) < 4.78 is 0. The number of phenols is 1. The number of benzene rings is 3. The molecule has 2 N–H and O–H groups in total. The number of hydrogen-bond acceptors (Lipinski definition) is 2. The van der Waals surface area contributed by atoms with Crippen molar-refractivity contribution in [1.29, 1.82) is 0 Å². The van der Waals surface area contributed by atoms with Crippen molar-refractivity contribution in [3.8, 4) is 16.9 Å². The Morgan fingerprint density at radius 2 is 1.55 bits per heavy atom. The molecule has 0 radical (unpaired) electrons. The number of carboxylic acids is 1. The number of carbonyl (C=O) groups is 1. The van der Waals surface area contributed by atoms with Crippen molar-refractivity contribution in [3.05, 3.63) is 66.2 Å². The fourth-order valence-corrected chi connectivity index (χ4v) is 2.24. The van der Waals surface area contributed by atoms with Gasteiger partial charge in [0.15, 0.2) is 0 Å². The van der Waals surface area contributed by atoms with E-state index < -0.39 is 5.97 Å². The first-order valence-electron chi connectivity index (χ1n) is 6.20. The maximum Gasteiger partial charge on any atom is 0.335 e. The fraction of sp³-hybridized carbons (Fsp3) is 0. The van der Waals surface area contributed by atoms with Crippen LogP contribution in [-0.4, -0.2) is 16.2 Å². The predicted octanol–water partition coefficient (Wildman–Crippen LogP) is 3.91. The van der Waals surface area contributed by atoms with Crippen molar-refractivity contribution in [1.82, 2.24) is 0 Å². The molecule has 0 aliphatic heterocycles. The maximum atomic E-state index is 10.8. The van der Waals surface area contributed by atoms with Gasteiger partial charge in [-0.25, -0.2) is 4.79 Å². The van der Waals surface area contributed by atoms with Crippen LogP contribution in [0, 0.1) is 0 Å². The minimum absolute atomic E-state index is 0.242. The first-order valence-corrected chi connectivity index (χ1v) is 6.20. The molecule has 0 saturated heterocycles. The number of aromatic hydroxyl groups is 1. The quantitative estimate of drug-likeness (QED) is 0.737. The molecule has 3 nitrogen and oxygen atoms in total. The van der Waals surface area contributed by atoms with Gasteiger partial charge in [-0.15, -0.1) is 0 Å². The van der Waals surface area contributed by atoms with Gasteiger partial charge < -0.3 is 10.2 Å². The molecule has 0 aromatic heterocycles. The molecule has 98 valence electrons. The standard InChI is InChI=1S/C17H12O3/c18-16-3-1-2-12-6-9-14(10-15(12)16)11-4-7-13(8-5-11)17(19)20/h1-10,18H,(H,19,20). The summed E-state index contributed by atoms with van der Waals surface area (Å²) in [5.74, 6) is -0.695. The van der Waals surface area contributed by atoms with Crippen LogP contribution in [-0.2, 0) is 0 Å². The molecule has 20 heavy (non-hydrogen) atoms. The zero-order valence-corrected chi connectivity index (χ0v) is 10.6. The van der Waals surface area contributed by atoms with Crippen LogP contribution in [0.15, 0.2) is 60.7 Å². The van der Waals surface area contributed by atoms with Crippen LogP contribution in [0.3, 0.4) is 0 Å². The summed E-state index contributed by atoms with van der Waals surface area (Å²) >= 11 is 0. The van der Waals surface area contributed by atoms with Crippen LogP contribution in [0.5, 0.6) is 5.75 Å². The van der Waals surface area contributed by atoms with E-state index in [1.54, 1.807) is 36.4 Å². The van der Waals surface area contributed by atoms with E-state index in [9.17, 15) is 9.90 Å². The van der Waals surface area contributed by atoms with Crippen LogP contribution in [0.25, 0.3) is 21.9 Å². The van der Waals surface area contributed by atoms with E-state index in [1.807, 2.05) is 24.3 Å². The predicted molar refractivity (Wildman–Crippen MR) is 78.0 cm³/mol. The third kappa shape index (κ3) is 2.10. The van der Waals surface area contributed by atoms with Crippen molar-refractivity contribution in [2.45, 2.75) is 0 Å². The zero-order valence-electron chi connectivity index (χ0n) is 10.6. The molecule has 0 aliphatic carbocycles. The summed E-state index contributed by atoms with van der Waals surface area (Å²) in [6.07, 6.45) is 0. The normalized spacial score (nSPS) is 10.6. The smallest absolute Gasteiger partial charge is 0.335 e. The van der Waals surface area contributed by atoms with Gasteiger partial charge in [-0.1, -0.05) is 36.4 Å². The van der Waals surface area contributed by atoms with Crippen molar-refractivity contribution < 1.29 is 15.0 Å². The second-order valence-corrected chi connectivity index (χ2v) is 4.60. The van der Waals surface area contributed by atoms with E-state index in [0.29, 0.717) is 0 Å².